The molecule has 0 bridgehead atoms. The lowest BCUT2D eigenvalue weighted by Crippen LogP contribution is -1.99. The van der Waals surface area contributed by atoms with E-state index in [-0.39, 0.29) is 6.10 Å². The molecular formula is C16H20N2OS. The van der Waals surface area contributed by atoms with Crippen LogP contribution in [0.2, 0.25) is 0 Å². The van der Waals surface area contributed by atoms with E-state index in [0.29, 0.717) is 0 Å². The molecule has 1 atom stereocenters. The van der Waals surface area contributed by atoms with Gasteiger partial charge in [0.2, 0.25) is 0 Å². The molecule has 3 nitrogen and oxygen atoms in total. The standard InChI is InChI=1S/C16H20N2OS/c1-11-5-6-14(12(2)8-11)17-9-13-10-18-16(20-13)15-4-3-7-19-15/h5-6,8,10,15,17H,3-4,7,9H2,1-2H3. The quantitative estimate of drug-likeness (QED) is 0.914. The second kappa shape index (κ2) is 5.94. The molecule has 1 unspecified atom stereocenters. The number of nitrogens with zero attached hydrogens (tertiary/aromatic N) is 1. The molecule has 0 radical (unpaired) electrons. The first-order chi connectivity index (χ1) is 9.72. The molecule has 4 heteroatoms. The summed E-state index contributed by atoms with van der Waals surface area (Å²) in [5.41, 5.74) is 3.78. The monoisotopic (exact) mass is 288 g/mol. The summed E-state index contributed by atoms with van der Waals surface area (Å²) in [6, 6.07) is 6.49. The van der Waals surface area contributed by atoms with Gasteiger partial charge in [0.15, 0.2) is 0 Å². The van der Waals surface area contributed by atoms with E-state index >= 15 is 0 Å². The van der Waals surface area contributed by atoms with Gasteiger partial charge in [-0.3, -0.25) is 0 Å². The van der Waals surface area contributed by atoms with Gasteiger partial charge in [-0.05, 0) is 38.3 Å². The highest BCUT2D eigenvalue weighted by molar-refractivity contribution is 7.11. The summed E-state index contributed by atoms with van der Waals surface area (Å²) in [7, 11) is 0. The van der Waals surface area contributed by atoms with Crippen LogP contribution in [0.15, 0.2) is 24.4 Å². The van der Waals surface area contributed by atoms with E-state index in [9.17, 15) is 0 Å². The Bertz CT molecular complexity index is 588. The van der Waals surface area contributed by atoms with Crippen LogP contribution in [0.5, 0.6) is 0 Å². The van der Waals surface area contributed by atoms with Gasteiger partial charge in [-0.2, -0.15) is 0 Å². The minimum absolute atomic E-state index is 0.231. The van der Waals surface area contributed by atoms with Crippen molar-refractivity contribution in [2.75, 3.05) is 11.9 Å². The van der Waals surface area contributed by atoms with E-state index in [0.717, 1.165) is 31.0 Å². The third kappa shape index (κ3) is 3.02. The van der Waals surface area contributed by atoms with Crippen LogP contribution in [0.3, 0.4) is 0 Å². The van der Waals surface area contributed by atoms with Crippen molar-refractivity contribution in [3.8, 4) is 0 Å². The van der Waals surface area contributed by atoms with Gasteiger partial charge in [0, 0.05) is 23.4 Å². The number of thiazole rings is 1. The Kier molecular flexibility index (Phi) is 4.03. The van der Waals surface area contributed by atoms with Gasteiger partial charge in [0.25, 0.3) is 0 Å². The Morgan fingerprint density at radius 2 is 2.30 bits per heavy atom. The van der Waals surface area contributed by atoms with Crippen LogP contribution in [0.25, 0.3) is 0 Å². The average molecular weight is 288 g/mol. The molecule has 0 amide bonds. The summed E-state index contributed by atoms with van der Waals surface area (Å²) in [6.45, 7) is 5.96. The van der Waals surface area contributed by atoms with Crippen molar-refractivity contribution >= 4 is 17.0 Å². The van der Waals surface area contributed by atoms with Crippen molar-refractivity contribution in [3.05, 3.63) is 45.4 Å². The van der Waals surface area contributed by atoms with Crippen LogP contribution < -0.4 is 5.32 Å². The third-order valence-corrected chi connectivity index (χ3v) is 4.70. The Morgan fingerprint density at radius 3 is 3.05 bits per heavy atom. The van der Waals surface area contributed by atoms with Gasteiger partial charge < -0.3 is 10.1 Å². The fourth-order valence-corrected chi connectivity index (χ4v) is 3.46. The molecule has 1 aliphatic rings. The van der Waals surface area contributed by atoms with Gasteiger partial charge >= 0.3 is 0 Å². The summed E-state index contributed by atoms with van der Waals surface area (Å²) in [5.74, 6) is 0. The maximum atomic E-state index is 5.67. The number of benzene rings is 1. The third-order valence-electron chi connectivity index (χ3n) is 3.61. The van der Waals surface area contributed by atoms with E-state index in [1.807, 2.05) is 6.20 Å². The van der Waals surface area contributed by atoms with E-state index in [1.54, 1.807) is 11.3 Å². The Morgan fingerprint density at radius 1 is 1.40 bits per heavy atom. The van der Waals surface area contributed by atoms with Crippen molar-refractivity contribution in [3.63, 3.8) is 0 Å². The van der Waals surface area contributed by atoms with Crippen LogP contribution in [-0.2, 0) is 11.3 Å². The molecule has 1 aromatic carbocycles. The summed E-state index contributed by atoms with van der Waals surface area (Å²) in [6.07, 6.45) is 4.46. The van der Waals surface area contributed by atoms with Crippen LogP contribution >= 0.6 is 11.3 Å². The second-order valence-electron chi connectivity index (χ2n) is 5.34. The van der Waals surface area contributed by atoms with E-state index < -0.39 is 0 Å². The lowest BCUT2D eigenvalue weighted by Gasteiger charge is -2.09. The fraction of sp³-hybridized carbons (Fsp3) is 0.438. The number of rotatable bonds is 4. The minimum Gasteiger partial charge on any atom is -0.380 e. The largest absolute Gasteiger partial charge is 0.380 e. The van der Waals surface area contributed by atoms with Crippen molar-refractivity contribution in [1.29, 1.82) is 0 Å². The van der Waals surface area contributed by atoms with Gasteiger partial charge in [0.05, 0.1) is 6.54 Å². The zero-order chi connectivity index (χ0) is 13.9. The number of aromatic nitrogens is 1. The molecule has 2 aromatic rings. The predicted octanol–water partition coefficient (Wildman–Crippen LogP) is 4.22. The highest BCUT2D eigenvalue weighted by Gasteiger charge is 2.20. The first-order valence-electron chi connectivity index (χ1n) is 7.10. The molecule has 1 aromatic heterocycles. The molecule has 1 aliphatic heterocycles. The lowest BCUT2D eigenvalue weighted by molar-refractivity contribution is 0.111. The predicted molar refractivity (Wildman–Crippen MR) is 83.3 cm³/mol. The molecule has 1 fully saturated rings. The van der Waals surface area contributed by atoms with Crippen molar-refractivity contribution in [1.82, 2.24) is 4.98 Å². The molecule has 106 valence electrons. The van der Waals surface area contributed by atoms with Crippen LogP contribution in [0.4, 0.5) is 5.69 Å². The van der Waals surface area contributed by atoms with Gasteiger partial charge in [0.1, 0.15) is 11.1 Å². The number of anilines is 1. The Labute approximate surface area is 124 Å². The molecule has 1 N–H and O–H groups in total. The van der Waals surface area contributed by atoms with Crippen LogP contribution in [-0.4, -0.2) is 11.6 Å². The van der Waals surface area contributed by atoms with Crippen molar-refractivity contribution in [2.45, 2.75) is 39.3 Å². The Balaban J connectivity index is 1.63. The highest BCUT2D eigenvalue weighted by atomic mass is 32.1. The van der Waals surface area contributed by atoms with Gasteiger partial charge in [-0.25, -0.2) is 4.98 Å². The normalized spacial score (nSPS) is 18.4. The number of aryl methyl sites for hydroxylation is 2. The molecule has 3 rings (SSSR count). The van der Waals surface area contributed by atoms with Crippen LogP contribution in [0, 0.1) is 13.8 Å². The van der Waals surface area contributed by atoms with Crippen molar-refractivity contribution < 1.29 is 4.74 Å². The fourth-order valence-electron chi connectivity index (χ4n) is 2.52. The van der Waals surface area contributed by atoms with E-state index in [1.165, 1.54) is 21.7 Å². The molecule has 2 heterocycles. The minimum atomic E-state index is 0.231. The maximum Gasteiger partial charge on any atom is 0.122 e. The topological polar surface area (TPSA) is 34.2 Å². The molecule has 20 heavy (non-hydrogen) atoms. The zero-order valence-electron chi connectivity index (χ0n) is 12.0. The average Bonchev–Trinajstić information content (AvgIpc) is 3.08. The molecular weight excluding hydrogens is 268 g/mol. The molecule has 1 saturated heterocycles. The second-order valence-corrected chi connectivity index (χ2v) is 6.49. The molecule has 0 saturated carbocycles. The summed E-state index contributed by atoms with van der Waals surface area (Å²) >= 11 is 1.76. The SMILES string of the molecule is Cc1ccc(NCc2cnc(C3CCCO3)s2)c(C)c1. The van der Waals surface area contributed by atoms with Gasteiger partial charge in [-0.1, -0.05) is 17.7 Å². The smallest absolute Gasteiger partial charge is 0.122 e. The first-order valence-corrected chi connectivity index (χ1v) is 7.91. The van der Waals surface area contributed by atoms with E-state index in [4.69, 9.17) is 4.74 Å². The Hall–Kier alpha value is -1.39. The number of hydrogen-bond acceptors (Lipinski definition) is 4. The first kappa shape index (κ1) is 13.6. The number of nitrogens with one attached hydrogen (secondary N) is 1. The number of ether oxygens (including phenoxy) is 1. The maximum absolute atomic E-state index is 5.67. The summed E-state index contributed by atoms with van der Waals surface area (Å²) in [5, 5.41) is 4.61. The highest BCUT2D eigenvalue weighted by Crippen LogP contribution is 2.31. The van der Waals surface area contributed by atoms with Crippen LogP contribution in [0.1, 0.15) is 40.0 Å². The van der Waals surface area contributed by atoms with Crippen molar-refractivity contribution in [2.24, 2.45) is 0 Å². The number of hydrogen-bond donors (Lipinski definition) is 1. The molecule has 0 aliphatic carbocycles. The zero-order valence-corrected chi connectivity index (χ0v) is 12.8. The van der Waals surface area contributed by atoms with E-state index in [2.05, 4.69) is 42.3 Å². The van der Waals surface area contributed by atoms with Gasteiger partial charge in [-0.15, -0.1) is 11.3 Å². The summed E-state index contributed by atoms with van der Waals surface area (Å²) < 4.78 is 5.67. The molecule has 0 spiro atoms. The lowest BCUT2D eigenvalue weighted by atomic mass is 10.1. The summed E-state index contributed by atoms with van der Waals surface area (Å²) in [4.78, 5) is 5.76.